The standard InChI is InChI=1S/C14H36O10Si4/c1-15-25(16-2)11-13(27(19-5,20-6)21-7)26(17-3,18-4)14(12-25)28(22-8,23-9)24-10/h13-14H,11-12H2,1-10H3. The van der Waals surface area contributed by atoms with E-state index in [0.29, 0.717) is 12.1 Å². The summed E-state index contributed by atoms with van der Waals surface area (Å²) in [6.45, 7) is 0. The Balaban J connectivity index is 3.80. The SMILES string of the molecule is CO[Si]1(OC)CC([Si](OC)(OC)OC)[Si](OC)(OC)C([Si](OC)(OC)OC)C1. The summed E-state index contributed by atoms with van der Waals surface area (Å²) < 4.78 is 59.4. The van der Waals surface area contributed by atoms with Crippen LogP contribution in [0.1, 0.15) is 0 Å². The maximum atomic E-state index is 6.18. The van der Waals surface area contributed by atoms with Crippen molar-refractivity contribution in [2.75, 3.05) is 71.1 Å². The van der Waals surface area contributed by atoms with E-state index in [9.17, 15) is 0 Å². The lowest BCUT2D eigenvalue weighted by atomic mass is 10.9. The maximum Gasteiger partial charge on any atom is 0.505 e. The topological polar surface area (TPSA) is 92.3 Å². The van der Waals surface area contributed by atoms with Gasteiger partial charge < -0.3 is 44.3 Å². The van der Waals surface area contributed by atoms with E-state index in [1.165, 1.54) is 0 Å². The molecular weight excluding hydrogens is 440 g/mol. The van der Waals surface area contributed by atoms with Crippen molar-refractivity contribution in [1.29, 1.82) is 0 Å². The van der Waals surface area contributed by atoms with Crippen molar-refractivity contribution in [2.45, 2.75) is 22.4 Å². The summed E-state index contributed by atoms with van der Waals surface area (Å²) in [7, 11) is 3.65. The van der Waals surface area contributed by atoms with Gasteiger partial charge in [-0.2, -0.15) is 0 Å². The molecule has 0 aromatic rings. The Morgan fingerprint density at radius 2 is 0.786 bits per heavy atom. The zero-order valence-electron chi connectivity index (χ0n) is 18.7. The maximum absolute atomic E-state index is 6.18. The highest BCUT2D eigenvalue weighted by Crippen LogP contribution is 2.57. The molecule has 0 amide bonds. The third kappa shape index (κ3) is 4.13. The second-order valence-electron chi connectivity index (χ2n) is 6.39. The van der Waals surface area contributed by atoms with Crippen molar-refractivity contribution in [3.05, 3.63) is 0 Å². The Hall–Kier alpha value is 0.468. The van der Waals surface area contributed by atoms with E-state index in [2.05, 4.69) is 0 Å². The van der Waals surface area contributed by atoms with Crippen molar-refractivity contribution in [2.24, 2.45) is 0 Å². The predicted octanol–water partition coefficient (Wildman–Crippen LogP) is 1.05. The minimum absolute atomic E-state index is 0.340. The molecule has 10 nitrogen and oxygen atoms in total. The van der Waals surface area contributed by atoms with Gasteiger partial charge in [0.25, 0.3) is 0 Å². The Bertz CT molecular complexity index is 419. The molecule has 1 aliphatic rings. The Morgan fingerprint density at radius 1 is 0.500 bits per heavy atom. The van der Waals surface area contributed by atoms with Crippen LogP contribution in [-0.2, 0) is 44.3 Å². The van der Waals surface area contributed by atoms with Crippen LogP contribution in [0.4, 0.5) is 0 Å². The summed E-state index contributed by atoms with van der Waals surface area (Å²) in [5, 5.41) is -0.680. The molecule has 0 aromatic carbocycles. The van der Waals surface area contributed by atoms with E-state index < -0.39 is 34.7 Å². The monoisotopic (exact) mass is 476 g/mol. The first kappa shape index (κ1) is 26.5. The minimum atomic E-state index is -3.23. The smallest absolute Gasteiger partial charge is 0.398 e. The fourth-order valence-corrected chi connectivity index (χ4v) is 28.3. The van der Waals surface area contributed by atoms with Crippen molar-refractivity contribution >= 4 is 34.7 Å². The van der Waals surface area contributed by atoms with Crippen LogP contribution in [0.15, 0.2) is 0 Å². The molecule has 28 heavy (non-hydrogen) atoms. The summed E-state index contributed by atoms with van der Waals surface area (Å²) in [4.78, 5) is 0. The fraction of sp³-hybridized carbons (Fsp3) is 1.00. The molecule has 168 valence electrons. The minimum Gasteiger partial charge on any atom is -0.398 e. The van der Waals surface area contributed by atoms with E-state index >= 15 is 0 Å². The van der Waals surface area contributed by atoms with Crippen molar-refractivity contribution in [3.63, 3.8) is 0 Å². The van der Waals surface area contributed by atoms with Crippen molar-refractivity contribution in [1.82, 2.24) is 0 Å². The quantitative estimate of drug-likeness (QED) is 0.380. The van der Waals surface area contributed by atoms with Gasteiger partial charge in [-0.15, -0.1) is 0 Å². The molecule has 2 atom stereocenters. The first-order chi connectivity index (χ1) is 13.3. The van der Waals surface area contributed by atoms with Crippen LogP contribution >= 0.6 is 0 Å². The molecule has 1 rings (SSSR count). The van der Waals surface area contributed by atoms with Crippen molar-refractivity contribution < 1.29 is 44.3 Å². The zero-order valence-corrected chi connectivity index (χ0v) is 22.7. The second kappa shape index (κ2) is 10.7. The van der Waals surface area contributed by atoms with Crippen LogP contribution in [0, 0.1) is 0 Å². The lowest BCUT2D eigenvalue weighted by molar-refractivity contribution is 0.0919. The Labute approximate surface area is 172 Å². The summed E-state index contributed by atoms with van der Waals surface area (Å²) in [6, 6.07) is 1.07. The number of hydrogen-bond acceptors (Lipinski definition) is 10. The van der Waals surface area contributed by atoms with E-state index in [0.717, 1.165) is 0 Å². The molecular formula is C14H36O10Si4. The van der Waals surface area contributed by atoms with Gasteiger partial charge in [-0.3, -0.25) is 0 Å². The normalized spacial score (nSPS) is 25.1. The first-order valence-electron chi connectivity index (χ1n) is 8.80. The van der Waals surface area contributed by atoms with Crippen molar-refractivity contribution in [3.8, 4) is 0 Å². The van der Waals surface area contributed by atoms with E-state index in [4.69, 9.17) is 44.3 Å². The van der Waals surface area contributed by atoms with Crippen LogP contribution in [-0.4, -0.2) is 106 Å². The molecule has 0 spiro atoms. The predicted molar refractivity (Wildman–Crippen MR) is 110 cm³/mol. The average Bonchev–Trinajstić information content (AvgIpc) is 2.77. The highest BCUT2D eigenvalue weighted by atomic mass is 28.5. The summed E-state index contributed by atoms with van der Waals surface area (Å²) in [6.07, 6.45) is 0. The second-order valence-corrected chi connectivity index (χ2v) is 20.9. The highest BCUT2D eigenvalue weighted by molar-refractivity contribution is 6.98. The van der Waals surface area contributed by atoms with Gasteiger partial charge in [0.15, 0.2) is 0 Å². The van der Waals surface area contributed by atoms with Gasteiger partial charge >= 0.3 is 34.7 Å². The first-order valence-corrected chi connectivity index (χ1v) is 16.6. The average molecular weight is 477 g/mol. The summed E-state index contributed by atoms with van der Waals surface area (Å²) >= 11 is 0. The number of rotatable bonds is 12. The third-order valence-corrected chi connectivity index (χ3v) is 24.8. The molecule has 0 aromatic heterocycles. The van der Waals surface area contributed by atoms with Gasteiger partial charge in [0.05, 0.1) is 10.3 Å². The highest BCUT2D eigenvalue weighted by Gasteiger charge is 2.77. The lowest BCUT2D eigenvalue weighted by Crippen LogP contribution is -2.73. The number of hydrogen-bond donors (Lipinski definition) is 0. The van der Waals surface area contributed by atoms with Gasteiger partial charge in [0.2, 0.25) is 0 Å². The lowest BCUT2D eigenvalue weighted by Gasteiger charge is -2.54. The van der Waals surface area contributed by atoms with Gasteiger partial charge in [-0.05, 0) is 0 Å². The largest absolute Gasteiger partial charge is 0.505 e. The summed E-state index contributed by atoms with van der Waals surface area (Å²) in [5.74, 6) is 0. The molecule has 0 N–H and O–H groups in total. The molecule has 0 bridgehead atoms. The van der Waals surface area contributed by atoms with Gasteiger partial charge in [-0.25, -0.2) is 0 Å². The molecule has 0 saturated carbocycles. The summed E-state index contributed by atoms with van der Waals surface area (Å²) in [5.41, 5.74) is 0. The van der Waals surface area contributed by atoms with Crippen LogP contribution in [0.2, 0.25) is 22.4 Å². The molecule has 0 aliphatic carbocycles. The van der Waals surface area contributed by atoms with Gasteiger partial charge in [0.1, 0.15) is 0 Å². The van der Waals surface area contributed by atoms with Crippen LogP contribution in [0.25, 0.3) is 0 Å². The third-order valence-electron chi connectivity index (χ3n) is 5.94. The van der Waals surface area contributed by atoms with E-state index in [-0.39, 0.29) is 10.3 Å². The molecule has 14 heteroatoms. The van der Waals surface area contributed by atoms with Crippen LogP contribution < -0.4 is 0 Å². The Morgan fingerprint density at radius 3 is 0.964 bits per heavy atom. The molecule has 1 fully saturated rings. The molecule has 1 aliphatic heterocycles. The fourth-order valence-electron chi connectivity index (χ4n) is 4.40. The zero-order chi connectivity index (χ0) is 21.6. The van der Waals surface area contributed by atoms with Gasteiger partial charge in [-0.1, -0.05) is 0 Å². The molecule has 0 radical (unpaired) electrons. The van der Waals surface area contributed by atoms with Crippen LogP contribution in [0.5, 0.6) is 0 Å². The molecule has 1 saturated heterocycles. The van der Waals surface area contributed by atoms with Gasteiger partial charge in [0, 0.05) is 83.2 Å². The molecule has 2 unspecified atom stereocenters. The molecule has 1 heterocycles. The Kier molecular flexibility index (Phi) is 10.1. The van der Waals surface area contributed by atoms with E-state index in [1.54, 1.807) is 71.1 Å². The van der Waals surface area contributed by atoms with E-state index in [1.807, 2.05) is 0 Å². The van der Waals surface area contributed by atoms with Crippen LogP contribution in [0.3, 0.4) is 0 Å².